The van der Waals surface area contributed by atoms with Crippen LogP contribution in [0.3, 0.4) is 0 Å². The number of carbonyl (C=O) groups excluding carboxylic acids is 1. The molecule has 0 atom stereocenters. The summed E-state index contributed by atoms with van der Waals surface area (Å²) in [6.45, 7) is 7.95. The third-order valence-electron chi connectivity index (χ3n) is 7.97. The monoisotopic (exact) mass is 629 g/mol. The lowest BCUT2D eigenvalue weighted by Gasteiger charge is -2.30. The molecule has 1 aliphatic carbocycles. The number of alkyl halides is 2. The maximum atomic E-state index is 14.1. The Morgan fingerprint density at radius 2 is 1.82 bits per heavy atom. The number of halogens is 2. The predicted molar refractivity (Wildman–Crippen MR) is 165 cm³/mol. The van der Waals surface area contributed by atoms with E-state index >= 15 is 0 Å². The number of morpholine rings is 1. The topological polar surface area (TPSA) is 131 Å². The number of nitrogens with zero attached hydrogens (tertiary/aromatic N) is 5. The zero-order valence-electron chi connectivity index (χ0n) is 24.6. The van der Waals surface area contributed by atoms with E-state index in [-0.39, 0.29) is 22.7 Å². The molecule has 0 radical (unpaired) electrons. The van der Waals surface area contributed by atoms with Gasteiger partial charge in [0.05, 0.1) is 29.2 Å². The van der Waals surface area contributed by atoms with Crippen LogP contribution >= 0.6 is 0 Å². The number of nitrogens with one attached hydrogen (secondary N) is 2. The Labute approximate surface area is 255 Å². The molecule has 2 N–H and O–H groups in total. The van der Waals surface area contributed by atoms with Crippen molar-refractivity contribution in [2.24, 2.45) is 5.92 Å². The van der Waals surface area contributed by atoms with Crippen LogP contribution in [-0.2, 0) is 19.4 Å². The van der Waals surface area contributed by atoms with E-state index in [1.54, 1.807) is 37.3 Å². The summed E-state index contributed by atoms with van der Waals surface area (Å²) in [6, 6.07) is 8.56. The molecule has 11 nitrogen and oxygen atoms in total. The number of sulfone groups is 1. The molecular weight excluding hydrogens is 592 g/mol. The number of para-hydroxylation sites is 2. The molecule has 14 heteroatoms. The minimum Gasteiger partial charge on any atom is -0.378 e. The number of hydrogen-bond acceptors (Lipinski definition) is 9. The number of fused-ring (bicyclic) bond motifs is 1. The fraction of sp³-hybridized carbons (Fsp3) is 0.467. The Balaban J connectivity index is 1.28. The van der Waals surface area contributed by atoms with E-state index < -0.39 is 27.9 Å². The highest BCUT2D eigenvalue weighted by Gasteiger charge is 2.27. The molecule has 44 heavy (non-hydrogen) atoms. The largest absolute Gasteiger partial charge is 0.378 e. The summed E-state index contributed by atoms with van der Waals surface area (Å²) in [5, 5.41) is 6.18. The molecule has 1 amide bonds. The lowest BCUT2D eigenvalue weighted by Crippen LogP contribution is -2.41. The van der Waals surface area contributed by atoms with Crippen molar-refractivity contribution >= 4 is 38.5 Å². The average molecular weight is 630 g/mol. The van der Waals surface area contributed by atoms with Crippen LogP contribution in [0.4, 0.5) is 20.5 Å². The van der Waals surface area contributed by atoms with Gasteiger partial charge in [-0.1, -0.05) is 30.9 Å². The van der Waals surface area contributed by atoms with Gasteiger partial charge in [0.2, 0.25) is 11.9 Å². The van der Waals surface area contributed by atoms with E-state index in [0.29, 0.717) is 74.3 Å². The van der Waals surface area contributed by atoms with Crippen LogP contribution in [0.25, 0.3) is 16.9 Å². The van der Waals surface area contributed by atoms with E-state index in [2.05, 4.69) is 27.2 Å². The van der Waals surface area contributed by atoms with E-state index in [1.807, 2.05) is 4.90 Å². The predicted octanol–water partition coefficient (Wildman–Crippen LogP) is 4.18. The molecule has 2 aromatic heterocycles. The first-order valence-corrected chi connectivity index (χ1v) is 16.4. The first kappa shape index (κ1) is 31.5. The fourth-order valence-electron chi connectivity index (χ4n) is 5.70. The van der Waals surface area contributed by atoms with Gasteiger partial charge in [-0.05, 0) is 50.7 Å². The number of anilines is 2. The lowest BCUT2D eigenvalue weighted by molar-refractivity contribution is -0.119. The number of ether oxygens (including phenoxy) is 1. The van der Waals surface area contributed by atoms with Crippen LogP contribution in [0.15, 0.2) is 54.0 Å². The van der Waals surface area contributed by atoms with E-state index in [9.17, 15) is 22.0 Å². The second-order valence-corrected chi connectivity index (χ2v) is 12.9. The Morgan fingerprint density at radius 1 is 1.11 bits per heavy atom. The van der Waals surface area contributed by atoms with Gasteiger partial charge in [0.1, 0.15) is 17.4 Å². The molecule has 0 bridgehead atoms. The number of hydrogen-bond donors (Lipinski definition) is 2. The number of rotatable bonds is 11. The number of allylic oxidation sites excluding steroid dienone is 2. The average Bonchev–Trinajstić information content (AvgIpc) is 3.41. The van der Waals surface area contributed by atoms with Crippen molar-refractivity contribution < 1.29 is 26.7 Å². The van der Waals surface area contributed by atoms with E-state index in [4.69, 9.17) is 9.72 Å². The van der Waals surface area contributed by atoms with Gasteiger partial charge in [-0.15, -0.1) is 0 Å². The van der Waals surface area contributed by atoms with Gasteiger partial charge < -0.3 is 20.3 Å². The smallest absolute Gasteiger partial charge is 0.296 e. The molecule has 0 unspecified atom stereocenters. The molecular formula is C30H37F2N7O4S. The second kappa shape index (κ2) is 13.8. The van der Waals surface area contributed by atoms with Gasteiger partial charge in [-0.2, -0.15) is 9.97 Å². The minimum absolute atomic E-state index is 0.0390. The Kier molecular flexibility index (Phi) is 9.89. The highest BCUT2D eigenvalue weighted by molar-refractivity contribution is 7.96. The maximum absolute atomic E-state index is 14.1. The summed E-state index contributed by atoms with van der Waals surface area (Å²) in [5.41, 5.74) is 0.980. The SMILES string of the molecule is C=C/C(=C\C)S(=O)(=O)CC(=O)NC1CCC(CNc2nc(N3CCOCC3)cc(-n3c(C(F)F)nc4ccccc43)n2)CC1. The van der Waals surface area contributed by atoms with Crippen molar-refractivity contribution in [1.29, 1.82) is 0 Å². The van der Waals surface area contributed by atoms with Crippen molar-refractivity contribution in [2.45, 2.75) is 45.1 Å². The van der Waals surface area contributed by atoms with Crippen molar-refractivity contribution in [3.63, 3.8) is 0 Å². The lowest BCUT2D eigenvalue weighted by atomic mass is 9.86. The van der Waals surface area contributed by atoms with Crippen LogP contribution in [0.5, 0.6) is 0 Å². The quantitative estimate of drug-likeness (QED) is 0.300. The van der Waals surface area contributed by atoms with Crippen LogP contribution in [0.2, 0.25) is 0 Å². The van der Waals surface area contributed by atoms with E-state index in [1.165, 1.54) is 16.7 Å². The highest BCUT2D eigenvalue weighted by atomic mass is 32.2. The molecule has 1 aromatic carbocycles. The summed E-state index contributed by atoms with van der Waals surface area (Å²) in [5.74, 6) is -0.0350. The van der Waals surface area contributed by atoms with Crippen LogP contribution in [0.1, 0.15) is 44.9 Å². The third kappa shape index (κ3) is 7.24. The number of aromatic nitrogens is 4. The van der Waals surface area contributed by atoms with Crippen molar-refractivity contribution in [1.82, 2.24) is 24.8 Å². The maximum Gasteiger partial charge on any atom is 0.296 e. The zero-order valence-corrected chi connectivity index (χ0v) is 25.4. The normalized spacial score (nSPS) is 19.7. The molecule has 2 aliphatic rings. The van der Waals surface area contributed by atoms with Crippen LogP contribution < -0.4 is 15.5 Å². The summed E-state index contributed by atoms with van der Waals surface area (Å²) < 4.78 is 59.9. The molecule has 3 heterocycles. The van der Waals surface area contributed by atoms with Gasteiger partial charge in [0, 0.05) is 31.7 Å². The van der Waals surface area contributed by atoms with Gasteiger partial charge >= 0.3 is 0 Å². The standard InChI is InChI=1S/C30H37F2N7O4S/c1-3-22(4-2)44(41,42)19-27(40)34-21-11-9-20(10-12-21)18-33-30-36-25(38-13-15-43-16-14-38)17-26(37-30)39-24-8-6-5-7-23(24)35-29(39)28(31)32/h3-8,17,20-21,28H,1,9-16,18-19H2,2H3,(H,34,40)(H,33,36,37)/b22-4+. The first-order valence-electron chi connectivity index (χ1n) is 14.7. The molecule has 1 saturated carbocycles. The van der Waals surface area contributed by atoms with Crippen LogP contribution in [-0.4, -0.2) is 78.5 Å². The molecule has 0 spiro atoms. The van der Waals surface area contributed by atoms with Gasteiger partial charge in [-0.25, -0.2) is 22.2 Å². The molecule has 3 aromatic rings. The fourth-order valence-corrected chi connectivity index (χ4v) is 6.91. The molecule has 236 valence electrons. The zero-order chi connectivity index (χ0) is 31.3. The Morgan fingerprint density at radius 3 is 2.50 bits per heavy atom. The van der Waals surface area contributed by atoms with Crippen LogP contribution in [0, 0.1) is 5.92 Å². The Hall–Kier alpha value is -3.91. The Bertz CT molecular complexity index is 1630. The number of carbonyl (C=O) groups is 1. The van der Waals surface area contributed by atoms with Gasteiger partial charge in [-0.3, -0.25) is 9.36 Å². The number of amides is 1. The van der Waals surface area contributed by atoms with Gasteiger partial charge in [0.15, 0.2) is 15.7 Å². The summed E-state index contributed by atoms with van der Waals surface area (Å²) in [7, 11) is -3.72. The summed E-state index contributed by atoms with van der Waals surface area (Å²) >= 11 is 0. The van der Waals surface area contributed by atoms with Gasteiger partial charge in [0.25, 0.3) is 6.43 Å². The molecule has 1 saturated heterocycles. The molecule has 5 rings (SSSR count). The first-order chi connectivity index (χ1) is 21.2. The summed E-state index contributed by atoms with van der Waals surface area (Å²) in [6.07, 6.45) is 2.86. The summed E-state index contributed by atoms with van der Waals surface area (Å²) in [4.78, 5) is 28.1. The van der Waals surface area contributed by atoms with Crippen molar-refractivity contribution in [3.05, 3.63) is 59.8 Å². The second-order valence-electron chi connectivity index (χ2n) is 10.9. The third-order valence-corrected chi connectivity index (χ3v) is 9.73. The highest BCUT2D eigenvalue weighted by Crippen LogP contribution is 2.30. The number of imidazole rings is 1. The number of benzene rings is 1. The van der Waals surface area contributed by atoms with Crippen molar-refractivity contribution in [3.8, 4) is 5.82 Å². The molecule has 2 fully saturated rings. The minimum atomic E-state index is -3.72. The van der Waals surface area contributed by atoms with E-state index in [0.717, 1.165) is 12.8 Å². The molecule has 1 aliphatic heterocycles. The van der Waals surface area contributed by atoms with Crippen molar-refractivity contribution in [2.75, 3.05) is 48.8 Å².